The molecule has 2 aromatic carbocycles. The molecule has 0 spiro atoms. The van der Waals surface area contributed by atoms with E-state index in [4.69, 9.17) is 4.74 Å². The maximum Gasteiger partial charge on any atom is 0.387 e. The Labute approximate surface area is 145 Å². The van der Waals surface area contributed by atoms with Crippen LogP contribution < -0.4 is 14.8 Å². The van der Waals surface area contributed by atoms with Crippen molar-refractivity contribution in [3.05, 3.63) is 48.3 Å². The van der Waals surface area contributed by atoms with Gasteiger partial charge in [-0.25, -0.2) is 18.7 Å². The highest BCUT2D eigenvalue weighted by molar-refractivity contribution is 5.90. The van der Waals surface area contributed by atoms with Crippen molar-refractivity contribution >= 4 is 22.4 Å². The third kappa shape index (κ3) is 3.76. The van der Waals surface area contributed by atoms with E-state index in [9.17, 15) is 17.6 Å². The lowest BCUT2D eigenvalue weighted by Gasteiger charge is -2.14. The lowest BCUT2D eigenvalue weighted by Crippen LogP contribution is -2.05. The van der Waals surface area contributed by atoms with E-state index in [2.05, 4.69) is 20.0 Å². The molecule has 3 rings (SSSR count). The van der Waals surface area contributed by atoms with E-state index in [1.807, 2.05) is 0 Å². The molecule has 0 saturated carbocycles. The zero-order chi connectivity index (χ0) is 18.7. The van der Waals surface area contributed by atoms with E-state index in [1.165, 1.54) is 25.3 Å². The fourth-order valence-corrected chi connectivity index (χ4v) is 2.37. The Kier molecular flexibility index (Phi) is 5.06. The minimum atomic E-state index is -3.04. The second kappa shape index (κ2) is 7.42. The second-order valence-corrected chi connectivity index (χ2v) is 5.12. The van der Waals surface area contributed by atoms with E-state index in [0.717, 1.165) is 0 Å². The number of aromatic nitrogens is 2. The number of hydrogen-bond acceptors (Lipinski definition) is 5. The molecule has 1 heterocycles. The average molecular weight is 367 g/mol. The molecule has 3 aromatic rings. The number of hydrogen-bond donors (Lipinski definition) is 1. The van der Waals surface area contributed by atoms with E-state index in [-0.39, 0.29) is 17.3 Å². The predicted octanol–water partition coefficient (Wildman–Crippen LogP) is 4.92. The van der Waals surface area contributed by atoms with Gasteiger partial charge in [0, 0.05) is 17.1 Å². The first kappa shape index (κ1) is 17.7. The third-order valence-electron chi connectivity index (χ3n) is 3.46. The first-order valence-electron chi connectivity index (χ1n) is 7.42. The standard InChI is InChI=1S/C17H13F4N3O2/c1-25-12-7-6-9(8-13(12)26-17(20)21)22-15-10-4-2-3-5-11(10)23-16(24-15)14(18)19/h2-8,14,17H,1H3,(H,22,23,24). The quantitative estimate of drug-likeness (QED) is 0.627. The molecule has 9 heteroatoms. The van der Waals surface area contributed by atoms with E-state index in [1.54, 1.807) is 24.3 Å². The monoisotopic (exact) mass is 367 g/mol. The summed E-state index contributed by atoms with van der Waals surface area (Å²) < 4.78 is 60.6. The Hall–Kier alpha value is -3.10. The summed E-state index contributed by atoms with van der Waals surface area (Å²) in [4.78, 5) is 7.65. The van der Waals surface area contributed by atoms with Crippen molar-refractivity contribution in [2.45, 2.75) is 13.0 Å². The molecule has 0 aliphatic heterocycles. The summed E-state index contributed by atoms with van der Waals surface area (Å²) in [7, 11) is 1.31. The van der Waals surface area contributed by atoms with Crippen LogP contribution in [0, 0.1) is 0 Å². The minimum absolute atomic E-state index is 0.108. The van der Waals surface area contributed by atoms with Crippen LogP contribution in [0.4, 0.5) is 29.1 Å². The smallest absolute Gasteiger partial charge is 0.387 e. The molecule has 1 N–H and O–H groups in total. The van der Waals surface area contributed by atoms with Crippen molar-refractivity contribution in [3.8, 4) is 11.5 Å². The molecule has 0 unspecified atom stereocenters. The van der Waals surface area contributed by atoms with Crippen molar-refractivity contribution in [1.29, 1.82) is 0 Å². The molecule has 26 heavy (non-hydrogen) atoms. The van der Waals surface area contributed by atoms with Crippen molar-refractivity contribution in [2.75, 3.05) is 12.4 Å². The number of anilines is 2. The van der Waals surface area contributed by atoms with E-state index >= 15 is 0 Å². The number of alkyl halides is 4. The zero-order valence-corrected chi connectivity index (χ0v) is 13.4. The number of nitrogens with zero attached hydrogens (tertiary/aromatic N) is 2. The summed E-state index contributed by atoms with van der Waals surface area (Å²) in [6.07, 6.45) is -2.85. The second-order valence-electron chi connectivity index (χ2n) is 5.12. The number of ether oxygens (including phenoxy) is 2. The van der Waals surface area contributed by atoms with Crippen LogP contribution >= 0.6 is 0 Å². The maximum atomic E-state index is 13.0. The van der Waals surface area contributed by atoms with Crippen LogP contribution in [0.15, 0.2) is 42.5 Å². The van der Waals surface area contributed by atoms with Crippen molar-refractivity contribution < 1.29 is 27.0 Å². The Bertz CT molecular complexity index is 922. The van der Waals surface area contributed by atoms with Crippen molar-refractivity contribution in [1.82, 2.24) is 9.97 Å². The maximum absolute atomic E-state index is 13.0. The number of benzene rings is 2. The van der Waals surface area contributed by atoms with Crippen molar-refractivity contribution in [3.63, 3.8) is 0 Å². The van der Waals surface area contributed by atoms with Gasteiger partial charge in [-0.05, 0) is 24.3 Å². The summed E-state index contributed by atoms with van der Waals surface area (Å²) in [6, 6.07) is 10.8. The third-order valence-corrected chi connectivity index (χ3v) is 3.46. The van der Waals surface area contributed by atoms with Crippen LogP contribution in [0.3, 0.4) is 0 Å². The van der Waals surface area contributed by atoms with Gasteiger partial charge in [-0.15, -0.1) is 0 Å². The number of halogens is 4. The summed E-state index contributed by atoms with van der Waals surface area (Å²) in [5.74, 6) is -0.598. The number of fused-ring (bicyclic) bond motifs is 1. The van der Waals surface area contributed by atoms with Gasteiger partial charge in [0.05, 0.1) is 12.6 Å². The van der Waals surface area contributed by atoms with Gasteiger partial charge in [-0.1, -0.05) is 12.1 Å². The topological polar surface area (TPSA) is 56.3 Å². The number of para-hydroxylation sites is 1. The summed E-state index contributed by atoms with van der Waals surface area (Å²) in [5.41, 5.74) is 0.642. The SMILES string of the molecule is COc1ccc(Nc2nc(C(F)F)nc3ccccc23)cc1OC(F)F. The molecule has 0 saturated heterocycles. The lowest BCUT2D eigenvalue weighted by molar-refractivity contribution is -0.0511. The molecule has 136 valence electrons. The molecular weight excluding hydrogens is 354 g/mol. The van der Waals surface area contributed by atoms with E-state index < -0.39 is 18.9 Å². The normalized spacial score (nSPS) is 11.2. The molecule has 5 nitrogen and oxygen atoms in total. The first-order valence-corrected chi connectivity index (χ1v) is 7.42. The van der Waals surface area contributed by atoms with Gasteiger partial charge in [0.1, 0.15) is 5.82 Å². The van der Waals surface area contributed by atoms with Gasteiger partial charge in [0.25, 0.3) is 6.43 Å². The lowest BCUT2D eigenvalue weighted by atomic mass is 10.2. The fourth-order valence-electron chi connectivity index (χ4n) is 2.37. The highest BCUT2D eigenvalue weighted by Crippen LogP contribution is 2.34. The van der Waals surface area contributed by atoms with Crippen LogP contribution in [0.2, 0.25) is 0 Å². The van der Waals surface area contributed by atoms with Crippen LogP contribution in [0.5, 0.6) is 11.5 Å². The van der Waals surface area contributed by atoms with E-state index in [0.29, 0.717) is 16.6 Å². The van der Waals surface area contributed by atoms with Gasteiger partial charge in [0.15, 0.2) is 17.3 Å². The Morgan fingerprint density at radius 1 is 0.962 bits per heavy atom. The van der Waals surface area contributed by atoms with Crippen LogP contribution in [0.25, 0.3) is 10.9 Å². The molecule has 0 fully saturated rings. The molecule has 0 amide bonds. The fraction of sp³-hybridized carbons (Fsp3) is 0.176. The average Bonchev–Trinajstić information content (AvgIpc) is 2.61. The highest BCUT2D eigenvalue weighted by Gasteiger charge is 2.16. The Morgan fingerprint density at radius 2 is 1.73 bits per heavy atom. The predicted molar refractivity (Wildman–Crippen MR) is 87.4 cm³/mol. The molecular formula is C17H13F4N3O2. The van der Waals surface area contributed by atoms with Crippen molar-refractivity contribution in [2.24, 2.45) is 0 Å². The minimum Gasteiger partial charge on any atom is -0.493 e. The van der Waals surface area contributed by atoms with Gasteiger partial charge in [-0.2, -0.15) is 8.78 Å². The summed E-state index contributed by atoms with van der Waals surface area (Å²) in [6.45, 7) is -3.04. The molecule has 0 aliphatic rings. The summed E-state index contributed by atoms with van der Waals surface area (Å²) >= 11 is 0. The largest absolute Gasteiger partial charge is 0.493 e. The molecule has 0 radical (unpaired) electrons. The van der Waals surface area contributed by atoms with Crippen LogP contribution in [0.1, 0.15) is 12.2 Å². The van der Waals surface area contributed by atoms with Gasteiger partial charge >= 0.3 is 6.61 Å². The molecule has 1 aromatic heterocycles. The zero-order valence-electron chi connectivity index (χ0n) is 13.4. The Morgan fingerprint density at radius 3 is 2.42 bits per heavy atom. The number of rotatable bonds is 6. The summed E-state index contributed by atoms with van der Waals surface area (Å²) in [5, 5.41) is 3.35. The van der Waals surface area contributed by atoms with Crippen LogP contribution in [-0.4, -0.2) is 23.7 Å². The molecule has 0 aliphatic carbocycles. The highest BCUT2D eigenvalue weighted by atomic mass is 19.3. The molecule has 0 atom stereocenters. The molecule has 0 bridgehead atoms. The number of nitrogens with one attached hydrogen (secondary N) is 1. The number of methoxy groups -OCH3 is 1. The van der Waals surface area contributed by atoms with Gasteiger partial charge in [0.2, 0.25) is 0 Å². The first-order chi connectivity index (χ1) is 12.5. The van der Waals surface area contributed by atoms with Gasteiger partial charge < -0.3 is 14.8 Å². The van der Waals surface area contributed by atoms with Crippen LogP contribution in [-0.2, 0) is 0 Å². The van der Waals surface area contributed by atoms with Gasteiger partial charge in [-0.3, -0.25) is 0 Å². The Balaban J connectivity index is 2.03.